The molecule has 1 unspecified atom stereocenters. The molecule has 2 heteroatoms. The minimum Gasteiger partial charge on any atom is -0.384 e. The van der Waals surface area contributed by atoms with Crippen LogP contribution in [0.1, 0.15) is 36.3 Å². The zero-order valence-corrected chi connectivity index (χ0v) is 10.5. The van der Waals surface area contributed by atoms with Crippen molar-refractivity contribution in [2.45, 2.75) is 30.6 Å². The van der Waals surface area contributed by atoms with Gasteiger partial charge in [0, 0.05) is 19.1 Å². The second-order valence-corrected chi connectivity index (χ2v) is 5.49. The number of methoxy groups -OCH3 is 1. The largest absolute Gasteiger partial charge is 0.384 e. The Balaban J connectivity index is 1.93. The van der Waals surface area contributed by atoms with Crippen molar-refractivity contribution < 1.29 is 4.74 Å². The number of hydrogen-bond acceptors (Lipinski definition) is 2. The van der Waals surface area contributed by atoms with E-state index in [4.69, 9.17) is 4.74 Å². The van der Waals surface area contributed by atoms with Gasteiger partial charge in [-0.15, -0.1) is 0 Å². The summed E-state index contributed by atoms with van der Waals surface area (Å²) in [5.41, 5.74) is 3.45. The number of hydrogen-bond donors (Lipinski definition) is 1. The fourth-order valence-electron chi connectivity index (χ4n) is 3.17. The van der Waals surface area contributed by atoms with Crippen LogP contribution < -0.4 is 5.32 Å². The molecule has 1 heterocycles. The van der Waals surface area contributed by atoms with Crippen LogP contribution in [0.4, 0.5) is 0 Å². The lowest BCUT2D eigenvalue weighted by Gasteiger charge is -2.22. The summed E-state index contributed by atoms with van der Waals surface area (Å²) in [6, 6.07) is 9.00. The van der Waals surface area contributed by atoms with Crippen LogP contribution >= 0.6 is 0 Å². The van der Waals surface area contributed by atoms with Gasteiger partial charge < -0.3 is 10.1 Å². The smallest absolute Gasteiger partial charge is 0.0559 e. The summed E-state index contributed by atoms with van der Waals surface area (Å²) in [6.45, 7) is 3.18. The van der Waals surface area contributed by atoms with Gasteiger partial charge in [-0.3, -0.25) is 0 Å². The Morgan fingerprint density at radius 1 is 1.35 bits per heavy atom. The maximum absolute atomic E-state index is 5.43. The summed E-state index contributed by atoms with van der Waals surface area (Å²) in [4.78, 5) is 0. The number of benzene rings is 1. The van der Waals surface area contributed by atoms with Crippen molar-refractivity contribution in [1.29, 1.82) is 0 Å². The molecule has 1 N–H and O–H groups in total. The molecule has 17 heavy (non-hydrogen) atoms. The molecule has 2 fully saturated rings. The number of nitrogens with one attached hydrogen (secondary N) is 1. The van der Waals surface area contributed by atoms with Crippen LogP contribution in [0.15, 0.2) is 24.3 Å². The Hall–Kier alpha value is -0.860. The maximum Gasteiger partial charge on any atom is 0.0559 e. The van der Waals surface area contributed by atoms with E-state index in [2.05, 4.69) is 29.6 Å². The summed E-state index contributed by atoms with van der Waals surface area (Å²) in [5, 5.41) is 3.47. The molecule has 3 rings (SSSR count). The predicted molar refractivity (Wildman–Crippen MR) is 69.5 cm³/mol. The molecule has 1 aromatic carbocycles. The highest BCUT2D eigenvalue weighted by Gasteiger charge is 2.46. The molecule has 1 aliphatic carbocycles. The third-order valence-corrected chi connectivity index (χ3v) is 4.31. The maximum atomic E-state index is 5.43. The van der Waals surface area contributed by atoms with Crippen LogP contribution in [0, 0.1) is 0 Å². The van der Waals surface area contributed by atoms with Crippen molar-refractivity contribution in [2.75, 3.05) is 26.8 Å². The summed E-state index contributed by atoms with van der Waals surface area (Å²) in [5.74, 6) is 0.709. The van der Waals surface area contributed by atoms with Crippen molar-refractivity contribution in [1.82, 2.24) is 5.32 Å². The Bertz CT molecular complexity index is 392. The van der Waals surface area contributed by atoms with Crippen LogP contribution in [0.2, 0.25) is 0 Å². The van der Waals surface area contributed by atoms with E-state index in [1.807, 2.05) is 7.11 Å². The molecular weight excluding hydrogens is 210 g/mol. The molecule has 0 radical (unpaired) electrons. The first kappa shape index (κ1) is 11.2. The van der Waals surface area contributed by atoms with E-state index >= 15 is 0 Å². The van der Waals surface area contributed by atoms with Gasteiger partial charge in [-0.25, -0.2) is 0 Å². The molecule has 0 aromatic heterocycles. The van der Waals surface area contributed by atoms with Crippen molar-refractivity contribution in [3.8, 4) is 0 Å². The van der Waals surface area contributed by atoms with Crippen LogP contribution in [0.25, 0.3) is 0 Å². The van der Waals surface area contributed by atoms with E-state index in [1.165, 1.54) is 19.3 Å². The molecule has 1 atom stereocenters. The van der Waals surface area contributed by atoms with E-state index in [0.717, 1.165) is 19.7 Å². The number of rotatable bonds is 4. The lowest BCUT2D eigenvalue weighted by atomic mass is 9.85. The molecular formula is C15H21NO. The van der Waals surface area contributed by atoms with Crippen molar-refractivity contribution >= 4 is 0 Å². The quantitative estimate of drug-likeness (QED) is 0.859. The monoisotopic (exact) mass is 231 g/mol. The van der Waals surface area contributed by atoms with Crippen LogP contribution in [-0.4, -0.2) is 26.8 Å². The van der Waals surface area contributed by atoms with Crippen molar-refractivity contribution in [2.24, 2.45) is 0 Å². The van der Waals surface area contributed by atoms with Gasteiger partial charge in [0.2, 0.25) is 0 Å². The molecule has 1 saturated carbocycles. The lowest BCUT2D eigenvalue weighted by molar-refractivity contribution is 0.171. The Morgan fingerprint density at radius 3 is 2.82 bits per heavy atom. The van der Waals surface area contributed by atoms with E-state index < -0.39 is 0 Å². The molecule has 1 saturated heterocycles. The Labute approximate surface area is 103 Å². The molecule has 0 bridgehead atoms. The fraction of sp³-hybridized carbons (Fsp3) is 0.600. The van der Waals surface area contributed by atoms with Gasteiger partial charge in [0.1, 0.15) is 0 Å². The zero-order valence-electron chi connectivity index (χ0n) is 10.5. The summed E-state index contributed by atoms with van der Waals surface area (Å²) < 4.78 is 5.43. The van der Waals surface area contributed by atoms with Crippen LogP contribution in [-0.2, 0) is 10.2 Å². The highest BCUT2D eigenvalue weighted by molar-refractivity contribution is 5.41. The van der Waals surface area contributed by atoms with E-state index in [1.54, 1.807) is 11.1 Å². The van der Waals surface area contributed by atoms with Crippen LogP contribution in [0.3, 0.4) is 0 Å². The van der Waals surface area contributed by atoms with Gasteiger partial charge >= 0.3 is 0 Å². The summed E-state index contributed by atoms with van der Waals surface area (Å²) in [6.07, 6.45) is 3.86. The van der Waals surface area contributed by atoms with Gasteiger partial charge in [0.15, 0.2) is 0 Å². The average molecular weight is 231 g/mol. The van der Waals surface area contributed by atoms with Gasteiger partial charge in [-0.2, -0.15) is 0 Å². The topological polar surface area (TPSA) is 21.3 Å². The molecule has 0 spiro atoms. The predicted octanol–water partition coefficient (Wildman–Crippen LogP) is 2.44. The normalized spacial score (nSPS) is 26.1. The third kappa shape index (κ3) is 2.00. The van der Waals surface area contributed by atoms with Crippen molar-refractivity contribution in [3.63, 3.8) is 0 Å². The van der Waals surface area contributed by atoms with E-state index in [9.17, 15) is 0 Å². The minimum atomic E-state index is 0.341. The van der Waals surface area contributed by atoms with Gasteiger partial charge in [-0.1, -0.05) is 24.3 Å². The van der Waals surface area contributed by atoms with Gasteiger partial charge in [0.25, 0.3) is 0 Å². The second kappa shape index (κ2) is 4.43. The molecule has 2 aliphatic rings. The Morgan fingerprint density at radius 2 is 2.18 bits per heavy atom. The lowest BCUT2D eigenvalue weighted by Crippen LogP contribution is -2.18. The zero-order chi connectivity index (χ0) is 11.7. The minimum absolute atomic E-state index is 0.341. The first-order valence-electron chi connectivity index (χ1n) is 6.65. The highest BCUT2D eigenvalue weighted by Crippen LogP contribution is 2.50. The molecule has 92 valence electrons. The van der Waals surface area contributed by atoms with E-state index in [-0.39, 0.29) is 0 Å². The SMILES string of the molecule is COCC1(c2ccccc2C2CCNC2)CC1. The number of ether oxygens (including phenoxy) is 1. The third-order valence-electron chi connectivity index (χ3n) is 4.31. The first-order chi connectivity index (χ1) is 8.36. The Kier molecular flexibility index (Phi) is 2.93. The summed E-state index contributed by atoms with van der Waals surface area (Å²) in [7, 11) is 1.82. The average Bonchev–Trinajstić information content (AvgIpc) is 2.94. The van der Waals surface area contributed by atoms with Gasteiger partial charge in [-0.05, 0) is 42.9 Å². The fourth-order valence-corrected chi connectivity index (χ4v) is 3.17. The first-order valence-corrected chi connectivity index (χ1v) is 6.65. The van der Waals surface area contributed by atoms with Crippen LogP contribution in [0.5, 0.6) is 0 Å². The van der Waals surface area contributed by atoms with Crippen molar-refractivity contribution in [3.05, 3.63) is 35.4 Å². The second-order valence-electron chi connectivity index (χ2n) is 5.49. The molecule has 1 aliphatic heterocycles. The molecule has 2 nitrogen and oxygen atoms in total. The van der Waals surface area contributed by atoms with Gasteiger partial charge in [0.05, 0.1) is 6.61 Å². The van der Waals surface area contributed by atoms with E-state index in [0.29, 0.717) is 11.3 Å². The highest BCUT2D eigenvalue weighted by atomic mass is 16.5. The standard InChI is InChI=1S/C15H21NO/c1-17-11-15(7-8-15)14-5-3-2-4-13(14)12-6-9-16-10-12/h2-5,12,16H,6-11H2,1H3. The summed E-state index contributed by atoms with van der Waals surface area (Å²) >= 11 is 0. The molecule has 0 amide bonds. The molecule has 1 aromatic rings.